The summed E-state index contributed by atoms with van der Waals surface area (Å²) in [7, 11) is 0. The summed E-state index contributed by atoms with van der Waals surface area (Å²) in [6, 6.07) is 4.36. The quantitative estimate of drug-likeness (QED) is 0.873. The third kappa shape index (κ3) is 2.75. The second kappa shape index (κ2) is 5.45. The molecule has 0 spiro atoms. The van der Waals surface area contributed by atoms with Gasteiger partial charge in [-0.25, -0.2) is 8.78 Å². The number of hydrogen-bond donors (Lipinski definition) is 1. The first-order chi connectivity index (χ1) is 8.22. The maximum Gasteiger partial charge on any atom is 0.149 e. The van der Waals surface area contributed by atoms with Crippen molar-refractivity contribution in [2.75, 3.05) is 24.5 Å². The molecule has 0 saturated carbocycles. The maximum atomic E-state index is 13.6. The van der Waals surface area contributed by atoms with Crippen LogP contribution in [0.2, 0.25) is 0 Å². The number of rotatable bonds is 3. The Morgan fingerprint density at radius 3 is 2.71 bits per heavy atom. The van der Waals surface area contributed by atoms with Gasteiger partial charge in [-0.05, 0) is 18.6 Å². The number of nitrogens with zero attached hydrogens (tertiary/aromatic N) is 1. The van der Waals surface area contributed by atoms with Crippen molar-refractivity contribution < 1.29 is 8.78 Å². The molecular weight excluding hydrogens is 222 g/mol. The topological polar surface area (TPSA) is 15.3 Å². The molecule has 94 valence electrons. The second-order valence-corrected chi connectivity index (χ2v) is 4.46. The average Bonchev–Trinajstić information content (AvgIpc) is 2.30. The molecule has 0 bridgehead atoms. The summed E-state index contributed by atoms with van der Waals surface area (Å²) in [6.45, 7) is 4.21. The van der Waals surface area contributed by atoms with Crippen molar-refractivity contribution in [2.45, 2.75) is 25.8 Å². The third-order valence-electron chi connectivity index (χ3n) is 3.15. The monoisotopic (exact) mass is 240 g/mol. The van der Waals surface area contributed by atoms with E-state index in [-0.39, 0.29) is 5.69 Å². The van der Waals surface area contributed by atoms with Gasteiger partial charge in [-0.15, -0.1) is 0 Å². The number of anilines is 1. The minimum absolute atomic E-state index is 0.120. The Kier molecular flexibility index (Phi) is 3.94. The standard InChI is InChI=1S/C13H18F2N2/c1-2-4-10-9-17(8-7-16-10)13-11(14)5-3-6-12(13)15/h3,5-6,10,16H,2,4,7-9H2,1H3. The van der Waals surface area contributed by atoms with Crippen LogP contribution in [-0.4, -0.2) is 25.7 Å². The highest BCUT2D eigenvalue weighted by molar-refractivity contribution is 5.49. The first-order valence-electron chi connectivity index (χ1n) is 6.14. The number of piperazine rings is 1. The van der Waals surface area contributed by atoms with E-state index in [9.17, 15) is 8.78 Å². The minimum Gasteiger partial charge on any atom is -0.364 e. The SMILES string of the molecule is CCCC1CN(c2c(F)cccc2F)CCN1. The van der Waals surface area contributed by atoms with E-state index in [0.717, 1.165) is 19.4 Å². The smallest absolute Gasteiger partial charge is 0.149 e. The first kappa shape index (κ1) is 12.3. The van der Waals surface area contributed by atoms with E-state index in [2.05, 4.69) is 12.2 Å². The third-order valence-corrected chi connectivity index (χ3v) is 3.15. The van der Waals surface area contributed by atoms with Gasteiger partial charge < -0.3 is 10.2 Å². The van der Waals surface area contributed by atoms with Crippen molar-refractivity contribution >= 4 is 5.69 Å². The van der Waals surface area contributed by atoms with Crippen molar-refractivity contribution in [3.8, 4) is 0 Å². The normalized spacial score (nSPS) is 20.6. The highest BCUT2D eigenvalue weighted by Gasteiger charge is 2.23. The zero-order chi connectivity index (χ0) is 12.3. The van der Waals surface area contributed by atoms with Crippen LogP contribution in [0.5, 0.6) is 0 Å². The Hall–Kier alpha value is -1.16. The van der Waals surface area contributed by atoms with Gasteiger partial charge in [0.05, 0.1) is 0 Å². The molecule has 1 aliphatic rings. The Morgan fingerprint density at radius 1 is 1.35 bits per heavy atom. The molecule has 1 unspecified atom stereocenters. The molecular formula is C13H18F2N2. The lowest BCUT2D eigenvalue weighted by molar-refractivity contribution is 0.423. The predicted octanol–water partition coefficient (Wildman–Crippen LogP) is 2.54. The van der Waals surface area contributed by atoms with Crippen LogP contribution in [0.15, 0.2) is 18.2 Å². The number of nitrogens with one attached hydrogen (secondary N) is 1. The molecule has 4 heteroatoms. The van der Waals surface area contributed by atoms with Crippen LogP contribution < -0.4 is 10.2 Å². The number of halogens is 2. The summed E-state index contributed by atoms with van der Waals surface area (Å²) >= 11 is 0. The van der Waals surface area contributed by atoms with Gasteiger partial charge >= 0.3 is 0 Å². The molecule has 0 amide bonds. The van der Waals surface area contributed by atoms with Crippen molar-refractivity contribution in [1.82, 2.24) is 5.32 Å². The zero-order valence-corrected chi connectivity index (χ0v) is 10.0. The van der Waals surface area contributed by atoms with Gasteiger partial charge in [-0.3, -0.25) is 0 Å². The molecule has 1 fully saturated rings. The van der Waals surface area contributed by atoms with Gasteiger partial charge in [0.2, 0.25) is 0 Å². The largest absolute Gasteiger partial charge is 0.364 e. The summed E-state index contributed by atoms with van der Waals surface area (Å²) < 4.78 is 27.3. The Labute approximate surface area is 101 Å². The lowest BCUT2D eigenvalue weighted by Crippen LogP contribution is -2.51. The second-order valence-electron chi connectivity index (χ2n) is 4.46. The van der Waals surface area contributed by atoms with Crippen LogP contribution in [0, 0.1) is 11.6 Å². The average molecular weight is 240 g/mol. The molecule has 2 rings (SSSR count). The van der Waals surface area contributed by atoms with Crippen LogP contribution in [0.4, 0.5) is 14.5 Å². The molecule has 1 aliphatic heterocycles. The maximum absolute atomic E-state index is 13.6. The Balaban J connectivity index is 2.16. The van der Waals surface area contributed by atoms with E-state index in [1.807, 2.05) is 4.90 Å². The van der Waals surface area contributed by atoms with E-state index in [1.165, 1.54) is 18.2 Å². The molecule has 1 N–H and O–H groups in total. The van der Waals surface area contributed by atoms with Crippen molar-refractivity contribution in [2.24, 2.45) is 0 Å². The van der Waals surface area contributed by atoms with Gasteiger partial charge in [0, 0.05) is 25.7 Å². The Morgan fingerprint density at radius 2 is 2.06 bits per heavy atom. The van der Waals surface area contributed by atoms with E-state index in [4.69, 9.17) is 0 Å². The first-order valence-corrected chi connectivity index (χ1v) is 6.14. The lowest BCUT2D eigenvalue weighted by atomic mass is 10.1. The van der Waals surface area contributed by atoms with Crippen LogP contribution >= 0.6 is 0 Å². The summed E-state index contributed by atoms with van der Waals surface area (Å²) in [5.74, 6) is -0.940. The molecule has 1 saturated heterocycles. The van der Waals surface area contributed by atoms with E-state index < -0.39 is 11.6 Å². The number of hydrogen-bond acceptors (Lipinski definition) is 2. The Bertz CT molecular complexity index is 359. The summed E-state index contributed by atoms with van der Waals surface area (Å²) in [5, 5.41) is 3.37. The van der Waals surface area contributed by atoms with Crippen molar-refractivity contribution in [3.05, 3.63) is 29.8 Å². The molecule has 2 nitrogen and oxygen atoms in total. The molecule has 1 aromatic carbocycles. The van der Waals surface area contributed by atoms with Crippen LogP contribution in [0.25, 0.3) is 0 Å². The minimum atomic E-state index is -0.470. The van der Waals surface area contributed by atoms with Gasteiger partial charge in [0.15, 0.2) is 0 Å². The lowest BCUT2D eigenvalue weighted by Gasteiger charge is -2.35. The molecule has 1 atom stereocenters. The van der Waals surface area contributed by atoms with Gasteiger partial charge in [-0.1, -0.05) is 19.4 Å². The van der Waals surface area contributed by atoms with E-state index >= 15 is 0 Å². The summed E-state index contributed by atoms with van der Waals surface area (Å²) in [5.41, 5.74) is 0.120. The van der Waals surface area contributed by atoms with E-state index in [1.54, 1.807) is 0 Å². The fourth-order valence-electron chi connectivity index (χ4n) is 2.36. The van der Waals surface area contributed by atoms with Gasteiger partial charge in [0.25, 0.3) is 0 Å². The summed E-state index contributed by atoms with van der Waals surface area (Å²) in [6.07, 6.45) is 2.11. The van der Waals surface area contributed by atoms with Crippen molar-refractivity contribution in [3.63, 3.8) is 0 Å². The molecule has 0 radical (unpaired) electrons. The predicted molar refractivity (Wildman–Crippen MR) is 65.3 cm³/mol. The van der Waals surface area contributed by atoms with Crippen LogP contribution in [0.1, 0.15) is 19.8 Å². The summed E-state index contributed by atoms with van der Waals surface area (Å²) in [4.78, 5) is 1.81. The fourth-order valence-corrected chi connectivity index (χ4v) is 2.36. The molecule has 0 aliphatic carbocycles. The van der Waals surface area contributed by atoms with Gasteiger partial charge in [0.1, 0.15) is 17.3 Å². The molecule has 1 heterocycles. The number of para-hydroxylation sites is 1. The molecule has 0 aromatic heterocycles. The van der Waals surface area contributed by atoms with Crippen LogP contribution in [0.3, 0.4) is 0 Å². The zero-order valence-electron chi connectivity index (χ0n) is 10.0. The molecule has 17 heavy (non-hydrogen) atoms. The van der Waals surface area contributed by atoms with E-state index in [0.29, 0.717) is 19.1 Å². The number of benzene rings is 1. The van der Waals surface area contributed by atoms with Gasteiger partial charge in [-0.2, -0.15) is 0 Å². The highest BCUT2D eigenvalue weighted by Crippen LogP contribution is 2.24. The highest BCUT2D eigenvalue weighted by atomic mass is 19.1. The van der Waals surface area contributed by atoms with Crippen LogP contribution in [-0.2, 0) is 0 Å². The molecule has 1 aromatic rings. The fraction of sp³-hybridized carbons (Fsp3) is 0.538. The van der Waals surface area contributed by atoms with Crippen molar-refractivity contribution in [1.29, 1.82) is 0 Å².